The van der Waals surface area contributed by atoms with Crippen molar-refractivity contribution in [2.24, 2.45) is 0 Å². The molecule has 0 bridgehead atoms. The number of carbonyl (C=O) groups excluding carboxylic acids is 1. The Hall–Kier alpha value is -0.830. The molecule has 1 rings (SSSR count). The monoisotopic (exact) mass is 224 g/mol. The Morgan fingerprint density at radius 1 is 1.50 bits per heavy atom. The topological polar surface area (TPSA) is 23.6 Å². The zero-order valence-corrected chi connectivity index (χ0v) is 10.9. The lowest BCUT2D eigenvalue weighted by atomic mass is 9.97. The van der Waals surface area contributed by atoms with Gasteiger partial charge in [0.1, 0.15) is 0 Å². The Balaban J connectivity index is 2.67. The summed E-state index contributed by atoms with van der Waals surface area (Å²) >= 11 is 0. The number of likely N-dealkylation sites (N-methyl/N-ethyl adjacent to an activating group) is 1. The van der Waals surface area contributed by atoms with Crippen molar-refractivity contribution < 1.29 is 4.79 Å². The minimum absolute atomic E-state index is 0.0642. The zero-order valence-electron chi connectivity index (χ0n) is 10.9. The van der Waals surface area contributed by atoms with E-state index in [9.17, 15) is 4.79 Å². The Morgan fingerprint density at radius 3 is 2.62 bits per heavy atom. The van der Waals surface area contributed by atoms with E-state index in [0.717, 1.165) is 13.0 Å². The van der Waals surface area contributed by atoms with E-state index in [1.54, 1.807) is 0 Å². The molecule has 0 saturated carbocycles. The highest BCUT2D eigenvalue weighted by Crippen LogP contribution is 2.21. The van der Waals surface area contributed by atoms with Gasteiger partial charge in [-0.05, 0) is 46.7 Å². The standard InChI is InChI=1S/C13H24N2O/c1-6-13(16)15-9-12(8-7-11(15)4)14(5)10(2)3/h6,10-12H,1,7-9H2,2-5H3/t11-,12-/m0/s1. The third-order valence-electron chi connectivity index (χ3n) is 3.71. The number of rotatable bonds is 3. The van der Waals surface area contributed by atoms with Gasteiger partial charge in [-0.15, -0.1) is 0 Å². The third kappa shape index (κ3) is 2.85. The average molecular weight is 224 g/mol. The number of carbonyl (C=O) groups is 1. The van der Waals surface area contributed by atoms with Crippen LogP contribution < -0.4 is 0 Å². The van der Waals surface area contributed by atoms with Gasteiger partial charge in [-0.3, -0.25) is 9.69 Å². The van der Waals surface area contributed by atoms with Crippen LogP contribution in [0.25, 0.3) is 0 Å². The first kappa shape index (κ1) is 13.2. The van der Waals surface area contributed by atoms with Gasteiger partial charge < -0.3 is 4.90 Å². The van der Waals surface area contributed by atoms with Crippen molar-refractivity contribution in [3.8, 4) is 0 Å². The predicted molar refractivity (Wildman–Crippen MR) is 67.3 cm³/mol. The summed E-state index contributed by atoms with van der Waals surface area (Å²) in [6.45, 7) is 10.9. The predicted octanol–water partition coefficient (Wildman–Crippen LogP) is 1.89. The number of hydrogen-bond donors (Lipinski definition) is 0. The van der Waals surface area contributed by atoms with Crippen LogP contribution in [-0.2, 0) is 4.79 Å². The maximum absolute atomic E-state index is 11.7. The second-order valence-electron chi connectivity index (χ2n) is 5.03. The average Bonchev–Trinajstić information content (AvgIpc) is 2.27. The first-order chi connectivity index (χ1) is 7.47. The summed E-state index contributed by atoms with van der Waals surface area (Å²) < 4.78 is 0. The lowest BCUT2D eigenvalue weighted by Gasteiger charge is -2.42. The first-order valence-corrected chi connectivity index (χ1v) is 6.12. The second-order valence-corrected chi connectivity index (χ2v) is 5.03. The maximum atomic E-state index is 11.7. The van der Waals surface area contributed by atoms with Crippen LogP contribution in [-0.4, -0.2) is 47.4 Å². The Kier molecular flexibility index (Phi) is 4.54. The summed E-state index contributed by atoms with van der Waals surface area (Å²) in [7, 11) is 2.14. The van der Waals surface area contributed by atoms with Crippen LogP contribution in [0.15, 0.2) is 12.7 Å². The molecular formula is C13H24N2O. The summed E-state index contributed by atoms with van der Waals surface area (Å²) in [5.74, 6) is 0.0642. The molecule has 1 fully saturated rings. The lowest BCUT2D eigenvalue weighted by molar-refractivity contribution is -0.130. The molecule has 1 aliphatic heterocycles. The molecule has 0 unspecified atom stereocenters. The summed E-state index contributed by atoms with van der Waals surface area (Å²) in [5, 5.41) is 0. The number of nitrogens with zero attached hydrogens (tertiary/aromatic N) is 2. The minimum atomic E-state index is 0.0642. The van der Waals surface area contributed by atoms with Crippen LogP contribution in [0.4, 0.5) is 0 Å². The van der Waals surface area contributed by atoms with Crippen LogP contribution >= 0.6 is 0 Å². The summed E-state index contributed by atoms with van der Waals surface area (Å²) in [6.07, 6.45) is 3.69. The Morgan fingerprint density at radius 2 is 2.12 bits per heavy atom. The lowest BCUT2D eigenvalue weighted by Crippen LogP contribution is -2.53. The van der Waals surface area contributed by atoms with Gasteiger partial charge in [0.15, 0.2) is 0 Å². The van der Waals surface area contributed by atoms with Crippen molar-refractivity contribution in [3.05, 3.63) is 12.7 Å². The van der Waals surface area contributed by atoms with Crippen molar-refractivity contribution in [2.75, 3.05) is 13.6 Å². The van der Waals surface area contributed by atoms with E-state index >= 15 is 0 Å². The van der Waals surface area contributed by atoms with Crippen LogP contribution in [0.3, 0.4) is 0 Å². The van der Waals surface area contributed by atoms with Crippen molar-refractivity contribution in [1.82, 2.24) is 9.80 Å². The normalized spacial score (nSPS) is 26.2. The molecule has 0 spiro atoms. The van der Waals surface area contributed by atoms with Crippen molar-refractivity contribution in [1.29, 1.82) is 0 Å². The number of hydrogen-bond acceptors (Lipinski definition) is 2. The van der Waals surface area contributed by atoms with Gasteiger partial charge in [0, 0.05) is 24.7 Å². The smallest absolute Gasteiger partial charge is 0.246 e. The fraction of sp³-hybridized carbons (Fsp3) is 0.769. The molecule has 0 radical (unpaired) electrons. The van der Waals surface area contributed by atoms with Crippen LogP contribution in [0.5, 0.6) is 0 Å². The van der Waals surface area contributed by atoms with E-state index in [1.165, 1.54) is 12.5 Å². The molecular weight excluding hydrogens is 200 g/mol. The van der Waals surface area contributed by atoms with Gasteiger partial charge in [0.2, 0.25) is 5.91 Å². The molecule has 3 heteroatoms. The molecule has 1 heterocycles. The molecule has 0 aromatic rings. The van der Waals surface area contributed by atoms with E-state index < -0.39 is 0 Å². The highest BCUT2D eigenvalue weighted by molar-refractivity contribution is 5.87. The van der Waals surface area contributed by atoms with Gasteiger partial charge in [-0.1, -0.05) is 6.58 Å². The molecule has 1 amide bonds. The van der Waals surface area contributed by atoms with Crippen LogP contribution in [0.2, 0.25) is 0 Å². The summed E-state index contributed by atoms with van der Waals surface area (Å²) in [5.41, 5.74) is 0. The number of piperidine rings is 1. The fourth-order valence-corrected chi connectivity index (χ4v) is 2.27. The molecule has 0 aliphatic carbocycles. The number of likely N-dealkylation sites (tertiary alicyclic amines) is 1. The largest absolute Gasteiger partial charge is 0.335 e. The Labute approximate surface area is 99.1 Å². The van der Waals surface area contributed by atoms with Gasteiger partial charge in [0.05, 0.1) is 0 Å². The quantitative estimate of drug-likeness (QED) is 0.684. The SMILES string of the molecule is C=CC(=O)N1C[C@@H](N(C)C(C)C)CC[C@@H]1C. The molecule has 0 N–H and O–H groups in total. The molecule has 16 heavy (non-hydrogen) atoms. The van der Waals surface area contributed by atoms with Crippen LogP contribution in [0, 0.1) is 0 Å². The van der Waals surface area contributed by atoms with Gasteiger partial charge >= 0.3 is 0 Å². The highest BCUT2D eigenvalue weighted by Gasteiger charge is 2.30. The molecule has 0 aromatic carbocycles. The fourth-order valence-electron chi connectivity index (χ4n) is 2.27. The molecule has 0 aromatic heterocycles. The van der Waals surface area contributed by atoms with Crippen molar-refractivity contribution >= 4 is 5.91 Å². The zero-order chi connectivity index (χ0) is 12.3. The van der Waals surface area contributed by atoms with Crippen LogP contribution in [0.1, 0.15) is 33.6 Å². The van der Waals surface area contributed by atoms with E-state index in [0.29, 0.717) is 18.1 Å². The third-order valence-corrected chi connectivity index (χ3v) is 3.71. The summed E-state index contributed by atoms with van der Waals surface area (Å²) in [4.78, 5) is 16.0. The van der Waals surface area contributed by atoms with Gasteiger partial charge in [0.25, 0.3) is 0 Å². The van der Waals surface area contributed by atoms with E-state index in [2.05, 4.69) is 39.3 Å². The van der Waals surface area contributed by atoms with Crippen molar-refractivity contribution in [2.45, 2.75) is 51.7 Å². The van der Waals surface area contributed by atoms with E-state index in [-0.39, 0.29) is 5.91 Å². The molecule has 1 aliphatic rings. The molecule has 1 saturated heterocycles. The highest BCUT2D eigenvalue weighted by atomic mass is 16.2. The molecule has 92 valence electrons. The maximum Gasteiger partial charge on any atom is 0.246 e. The molecule has 3 nitrogen and oxygen atoms in total. The van der Waals surface area contributed by atoms with E-state index in [4.69, 9.17) is 0 Å². The van der Waals surface area contributed by atoms with Gasteiger partial charge in [-0.25, -0.2) is 0 Å². The van der Waals surface area contributed by atoms with E-state index in [1.807, 2.05) is 4.90 Å². The van der Waals surface area contributed by atoms with Gasteiger partial charge in [-0.2, -0.15) is 0 Å². The minimum Gasteiger partial charge on any atom is -0.335 e. The Bertz CT molecular complexity index is 263. The van der Waals surface area contributed by atoms with Crippen molar-refractivity contribution in [3.63, 3.8) is 0 Å². The number of amides is 1. The first-order valence-electron chi connectivity index (χ1n) is 6.12. The summed E-state index contributed by atoms with van der Waals surface area (Å²) in [6, 6.07) is 1.36. The molecule has 2 atom stereocenters. The second kappa shape index (κ2) is 5.48.